The zero-order valence-corrected chi connectivity index (χ0v) is 19.9. The van der Waals surface area contributed by atoms with Crippen molar-refractivity contribution in [3.63, 3.8) is 0 Å². The Morgan fingerprint density at radius 2 is 1.82 bits per heavy atom. The van der Waals surface area contributed by atoms with Crippen molar-refractivity contribution in [2.75, 3.05) is 32.1 Å². The topological polar surface area (TPSA) is 67.4 Å². The molecule has 4 aromatic heterocycles. The van der Waals surface area contributed by atoms with Crippen LogP contribution >= 0.6 is 0 Å². The van der Waals surface area contributed by atoms with Crippen LogP contribution in [-0.2, 0) is 13.1 Å². The van der Waals surface area contributed by atoms with Gasteiger partial charge in [-0.1, -0.05) is 25.1 Å². The number of fused-ring (bicyclic) bond motifs is 1. The first-order valence-electron chi connectivity index (χ1n) is 11.6. The molecule has 0 radical (unpaired) electrons. The molecule has 5 rings (SSSR count). The summed E-state index contributed by atoms with van der Waals surface area (Å²) in [6.07, 6.45) is 12.4. The second-order valence-electron chi connectivity index (χ2n) is 10.1. The monoisotopic (exact) mass is 444 g/mol. The summed E-state index contributed by atoms with van der Waals surface area (Å²) in [6, 6.07) is 6.37. The fourth-order valence-corrected chi connectivity index (χ4v) is 4.32. The van der Waals surface area contributed by atoms with E-state index in [1.54, 1.807) is 0 Å². The van der Waals surface area contributed by atoms with E-state index in [4.69, 9.17) is 4.98 Å². The largest absolute Gasteiger partial charge is 0.376 e. The minimum atomic E-state index is 0.479. The van der Waals surface area contributed by atoms with E-state index in [1.165, 1.54) is 31.5 Å². The molecule has 0 aromatic carbocycles. The first-order valence-corrected chi connectivity index (χ1v) is 11.6. The van der Waals surface area contributed by atoms with Gasteiger partial charge in [-0.25, -0.2) is 9.67 Å². The van der Waals surface area contributed by atoms with Gasteiger partial charge in [-0.2, -0.15) is 0 Å². The lowest BCUT2D eigenvalue weighted by Gasteiger charge is -2.36. The lowest BCUT2D eigenvalue weighted by molar-refractivity contribution is 0.127. The predicted octanol–water partition coefficient (Wildman–Crippen LogP) is 3.72. The van der Waals surface area contributed by atoms with E-state index < -0.39 is 0 Å². The number of anilines is 1. The molecule has 0 saturated carbocycles. The highest BCUT2D eigenvalue weighted by molar-refractivity contribution is 5.62. The summed E-state index contributed by atoms with van der Waals surface area (Å²) in [5.74, 6) is 0. The van der Waals surface area contributed by atoms with E-state index in [9.17, 15) is 0 Å². The van der Waals surface area contributed by atoms with Crippen molar-refractivity contribution in [3.8, 4) is 11.3 Å². The van der Waals surface area contributed by atoms with E-state index in [2.05, 4.69) is 69.0 Å². The maximum atomic E-state index is 4.78. The minimum Gasteiger partial charge on any atom is -0.376 e. The van der Waals surface area contributed by atoms with Gasteiger partial charge >= 0.3 is 0 Å². The van der Waals surface area contributed by atoms with E-state index >= 15 is 0 Å². The van der Waals surface area contributed by atoms with E-state index in [0.29, 0.717) is 12.0 Å². The zero-order chi connectivity index (χ0) is 23.0. The highest BCUT2D eigenvalue weighted by Gasteiger charge is 2.25. The van der Waals surface area contributed by atoms with Gasteiger partial charge in [0.2, 0.25) is 0 Å². The third-order valence-electron chi connectivity index (χ3n) is 6.58. The Labute approximate surface area is 194 Å². The molecule has 1 fully saturated rings. The van der Waals surface area contributed by atoms with Crippen LogP contribution in [0.5, 0.6) is 0 Å². The fraction of sp³-hybridized carbons (Fsp3) is 0.440. The highest BCUT2D eigenvalue weighted by atomic mass is 15.4. The van der Waals surface area contributed by atoms with Crippen molar-refractivity contribution < 1.29 is 0 Å². The van der Waals surface area contributed by atoms with Gasteiger partial charge in [0.25, 0.3) is 0 Å². The molecule has 1 saturated heterocycles. The summed E-state index contributed by atoms with van der Waals surface area (Å²) < 4.78 is 3.96. The molecule has 1 aliphatic heterocycles. The number of piperidine rings is 1. The van der Waals surface area contributed by atoms with Gasteiger partial charge in [0.05, 0.1) is 30.3 Å². The number of imidazole rings is 1. The maximum absolute atomic E-state index is 4.78. The lowest BCUT2D eigenvalue weighted by atomic mass is 9.82. The molecule has 0 aliphatic carbocycles. The Bertz CT molecular complexity index is 1240. The maximum Gasteiger partial charge on any atom is 0.137 e. The molecular formula is C25H32N8. The Morgan fingerprint density at radius 3 is 2.61 bits per heavy atom. The quantitative estimate of drug-likeness (QED) is 0.452. The van der Waals surface area contributed by atoms with Gasteiger partial charge < -0.3 is 9.30 Å². The standard InChI is InChI=1S/C25H32N8/c1-25(2)7-9-31(10-8-25)14-19-5-6-24-27-21(16-32(24)15-19)17-33-18-23(28-29-33)20-11-22(30(3)4)13-26-12-20/h5-6,11-13,15-16,18H,7-10,14,17H2,1-4H3. The summed E-state index contributed by atoms with van der Waals surface area (Å²) in [4.78, 5) is 13.7. The molecule has 4 aromatic rings. The highest BCUT2D eigenvalue weighted by Crippen LogP contribution is 2.30. The second-order valence-corrected chi connectivity index (χ2v) is 10.1. The number of pyridine rings is 2. The molecule has 5 heterocycles. The zero-order valence-electron chi connectivity index (χ0n) is 19.9. The molecule has 0 bridgehead atoms. The Hall–Kier alpha value is -3.26. The number of likely N-dealkylation sites (tertiary alicyclic amines) is 1. The number of hydrogen-bond donors (Lipinski definition) is 0. The average molecular weight is 445 g/mol. The smallest absolute Gasteiger partial charge is 0.137 e. The molecule has 33 heavy (non-hydrogen) atoms. The summed E-state index contributed by atoms with van der Waals surface area (Å²) in [5, 5.41) is 8.65. The average Bonchev–Trinajstić information content (AvgIpc) is 3.42. The first kappa shape index (κ1) is 21.6. The van der Waals surface area contributed by atoms with Crippen molar-refractivity contribution in [2.45, 2.75) is 39.8 Å². The number of rotatable bonds is 6. The molecular weight excluding hydrogens is 412 g/mol. The normalized spacial score (nSPS) is 16.4. The summed E-state index contributed by atoms with van der Waals surface area (Å²) in [5.41, 5.74) is 6.51. The van der Waals surface area contributed by atoms with E-state index in [0.717, 1.165) is 34.8 Å². The van der Waals surface area contributed by atoms with E-state index in [-0.39, 0.29) is 0 Å². The van der Waals surface area contributed by atoms with Crippen molar-refractivity contribution in [3.05, 3.63) is 60.4 Å². The molecule has 1 aliphatic rings. The first-order chi connectivity index (χ1) is 15.8. The fourth-order valence-electron chi connectivity index (χ4n) is 4.32. The van der Waals surface area contributed by atoms with Gasteiger partial charge in [-0.3, -0.25) is 9.88 Å². The SMILES string of the molecule is CN(C)c1cncc(-c2cn(Cc3cn4cc(CN5CCC(C)(C)CC5)ccc4n3)nn2)c1. The molecule has 0 N–H and O–H groups in total. The number of aromatic nitrogens is 6. The van der Waals surface area contributed by atoms with Crippen LogP contribution in [0.25, 0.3) is 16.9 Å². The van der Waals surface area contributed by atoms with Crippen LogP contribution in [0, 0.1) is 5.41 Å². The van der Waals surface area contributed by atoms with Crippen molar-refractivity contribution >= 4 is 11.3 Å². The van der Waals surface area contributed by atoms with Gasteiger partial charge in [0, 0.05) is 44.8 Å². The van der Waals surface area contributed by atoms with Crippen LogP contribution in [0.4, 0.5) is 5.69 Å². The summed E-state index contributed by atoms with van der Waals surface area (Å²) >= 11 is 0. The van der Waals surface area contributed by atoms with Crippen molar-refractivity contribution in [1.82, 2.24) is 34.3 Å². The molecule has 172 valence electrons. The Kier molecular flexibility index (Phi) is 5.62. The predicted molar refractivity (Wildman–Crippen MR) is 130 cm³/mol. The molecule has 0 amide bonds. The van der Waals surface area contributed by atoms with Gasteiger partial charge in [0.1, 0.15) is 11.3 Å². The minimum absolute atomic E-state index is 0.479. The van der Waals surface area contributed by atoms with Crippen LogP contribution in [0.1, 0.15) is 37.9 Å². The van der Waals surface area contributed by atoms with Crippen LogP contribution < -0.4 is 4.90 Å². The van der Waals surface area contributed by atoms with Crippen LogP contribution in [0.3, 0.4) is 0 Å². The summed E-state index contributed by atoms with van der Waals surface area (Å²) in [6.45, 7) is 8.65. The van der Waals surface area contributed by atoms with Gasteiger partial charge in [0.15, 0.2) is 0 Å². The van der Waals surface area contributed by atoms with Crippen molar-refractivity contribution in [2.24, 2.45) is 5.41 Å². The van der Waals surface area contributed by atoms with Gasteiger partial charge in [-0.15, -0.1) is 5.10 Å². The molecule has 0 unspecified atom stereocenters. The second kappa shape index (κ2) is 8.59. The van der Waals surface area contributed by atoms with E-state index in [1.807, 2.05) is 42.3 Å². The summed E-state index contributed by atoms with van der Waals surface area (Å²) in [7, 11) is 4.00. The Morgan fingerprint density at radius 1 is 1.00 bits per heavy atom. The molecule has 0 atom stereocenters. The van der Waals surface area contributed by atoms with Crippen LogP contribution in [-0.4, -0.2) is 61.4 Å². The third-order valence-corrected chi connectivity index (χ3v) is 6.58. The third kappa shape index (κ3) is 4.90. The van der Waals surface area contributed by atoms with Crippen LogP contribution in [0.15, 0.2) is 49.2 Å². The van der Waals surface area contributed by atoms with Gasteiger partial charge in [-0.05, 0) is 49.0 Å². The lowest BCUT2D eigenvalue weighted by Crippen LogP contribution is -2.36. The number of hydrogen-bond acceptors (Lipinski definition) is 6. The molecule has 0 spiro atoms. The number of nitrogens with zero attached hydrogens (tertiary/aromatic N) is 8. The van der Waals surface area contributed by atoms with Crippen molar-refractivity contribution in [1.29, 1.82) is 0 Å². The Balaban J connectivity index is 1.28. The molecule has 8 nitrogen and oxygen atoms in total. The molecule has 8 heteroatoms. The van der Waals surface area contributed by atoms with Crippen LogP contribution in [0.2, 0.25) is 0 Å².